The zero-order chi connectivity index (χ0) is 17.0. The quantitative estimate of drug-likeness (QED) is 0.858. The van der Waals surface area contributed by atoms with Crippen LogP contribution in [0.2, 0.25) is 0 Å². The molecule has 0 aliphatic rings. The fraction of sp³-hybridized carbons (Fsp3) is 0.471. The lowest BCUT2D eigenvalue weighted by Gasteiger charge is -2.25. The highest BCUT2D eigenvalue weighted by Gasteiger charge is 2.23. The Morgan fingerprint density at radius 2 is 1.91 bits per heavy atom. The number of aryl methyl sites for hydroxylation is 1. The maximum absolute atomic E-state index is 12.1. The minimum Gasteiger partial charge on any atom is -0.444 e. The van der Waals surface area contributed by atoms with E-state index < -0.39 is 11.7 Å². The van der Waals surface area contributed by atoms with Crippen LogP contribution in [0.3, 0.4) is 0 Å². The number of amides is 1. The lowest BCUT2D eigenvalue weighted by molar-refractivity contribution is 0.0226. The van der Waals surface area contributed by atoms with Crippen LogP contribution in [0.1, 0.15) is 39.1 Å². The summed E-state index contributed by atoms with van der Waals surface area (Å²) >= 11 is 0. The molecular weight excluding hydrogens is 294 g/mol. The molecule has 0 radical (unpaired) electrons. The number of hydrogen-bond donors (Lipinski definition) is 0. The van der Waals surface area contributed by atoms with E-state index in [4.69, 9.17) is 9.26 Å². The van der Waals surface area contributed by atoms with Gasteiger partial charge in [-0.25, -0.2) is 4.79 Å². The highest BCUT2D eigenvalue weighted by atomic mass is 16.6. The summed E-state index contributed by atoms with van der Waals surface area (Å²) in [5.41, 5.74) is 1.51. The molecule has 0 saturated heterocycles. The molecule has 23 heavy (non-hydrogen) atoms. The molecular formula is C17H23N3O3. The smallest absolute Gasteiger partial charge is 0.410 e. The van der Waals surface area contributed by atoms with Crippen molar-refractivity contribution in [3.8, 4) is 11.4 Å². The molecule has 2 aromatic rings. The van der Waals surface area contributed by atoms with E-state index in [-0.39, 0.29) is 6.54 Å². The van der Waals surface area contributed by atoms with Crippen molar-refractivity contribution in [1.29, 1.82) is 0 Å². The zero-order valence-electron chi connectivity index (χ0n) is 14.3. The number of aromatic nitrogens is 2. The van der Waals surface area contributed by atoms with Gasteiger partial charge in [-0.05, 0) is 34.6 Å². The minimum atomic E-state index is -0.535. The molecule has 0 unspecified atom stereocenters. The summed E-state index contributed by atoms with van der Waals surface area (Å²) in [4.78, 5) is 18.0. The molecule has 0 aliphatic heterocycles. The number of carbonyl (C=O) groups excluding carboxylic acids is 1. The summed E-state index contributed by atoms with van der Waals surface area (Å²) in [7, 11) is 0. The third-order valence-corrected chi connectivity index (χ3v) is 3.14. The number of carbonyl (C=O) groups is 1. The van der Waals surface area contributed by atoms with E-state index in [9.17, 15) is 4.79 Å². The van der Waals surface area contributed by atoms with Crippen molar-refractivity contribution in [2.45, 2.75) is 46.8 Å². The second kappa shape index (κ2) is 6.81. The molecule has 1 amide bonds. The van der Waals surface area contributed by atoms with Crippen molar-refractivity contribution < 1.29 is 14.1 Å². The normalized spacial score (nSPS) is 11.3. The maximum Gasteiger partial charge on any atom is 0.410 e. The number of benzene rings is 1. The van der Waals surface area contributed by atoms with E-state index >= 15 is 0 Å². The van der Waals surface area contributed by atoms with Crippen molar-refractivity contribution in [2.75, 3.05) is 6.54 Å². The van der Waals surface area contributed by atoms with Crippen LogP contribution in [-0.4, -0.2) is 33.3 Å². The first-order chi connectivity index (χ1) is 10.8. The number of hydrogen-bond acceptors (Lipinski definition) is 5. The molecule has 0 fully saturated rings. The standard InChI is InChI=1S/C17H23N3O3/c1-6-20(16(21)22-17(3,4)5)11-14-18-15(19-23-14)13-9-7-12(2)8-10-13/h7-10H,6,11H2,1-5H3. The van der Waals surface area contributed by atoms with Gasteiger partial charge in [0, 0.05) is 12.1 Å². The fourth-order valence-electron chi connectivity index (χ4n) is 1.93. The summed E-state index contributed by atoms with van der Waals surface area (Å²) in [6.45, 7) is 10.1. The van der Waals surface area contributed by atoms with E-state index in [1.165, 1.54) is 10.5 Å². The van der Waals surface area contributed by atoms with Gasteiger partial charge in [0.2, 0.25) is 11.7 Å². The van der Waals surface area contributed by atoms with Crippen LogP contribution in [0.5, 0.6) is 0 Å². The first-order valence-corrected chi connectivity index (χ1v) is 7.66. The van der Waals surface area contributed by atoms with Gasteiger partial charge in [-0.1, -0.05) is 35.0 Å². The Bertz CT molecular complexity index is 656. The summed E-state index contributed by atoms with van der Waals surface area (Å²) in [6, 6.07) is 7.86. The molecule has 2 rings (SSSR count). The Morgan fingerprint density at radius 1 is 1.26 bits per heavy atom. The second-order valence-electron chi connectivity index (χ2n) is 6.37. The first kappa shape index (κ1) is 17.0. The van der Waals surface area contributed by atoms with Crippen LogP contribution in [-0.2, 0) is 11.3 Å². The van der Waals surface area contributed by atoms with E-state index in [1.54, 1.807) is 0 Å². The van der Waals surface area contributed by atoms with Crippen LogP contribution in [0, 0.1) is 6.92 Å². The minimum absolute atomic E-state index is 0.226. The van der Waals surface area contributed by atoms with Gasteiger partial charge in [0.15, 0.2) is 0 Å². The molecule has 6 nitrogen and oxygen atoms in total. The molecule has 0 bridgehead atoms. The highest BCUT2D eigenvalue weighted by molar-refractivity contribution is 5.68. The van der Waals surface area contributed by atoms with E-state index in [0.29, 0.717) is 18.3 Å². The molecule has 0 N–H and O–H groups in total. The van der Waals surface area contributed by atoms with Gasteiger partial charge in [-0.2, -0.15) is 4.98 Å². The van der Waals surface area contributed by atoms with Gasteiger partial charge in [0.25, 0.3) is 0 Å². The Hall–Kier alpha value is -2.37. The highest BCUT2D eigenvalue weighted by Crippen LogP contribution is 2.17. The van der Waals surface area contributed by atoms with Gasteiger partial charge in [-0.3, -0.25) is 4.90 Å². The van der Waals surface area contributed by atoms with Crippen LogP contribution in [0.4, 0.5) is 4.79 Å². The summed E-state index contributed by atoms with van der Waals surface area (Å²) in [6.07, 6.45) is -0.393. The average Bonchev–Trinajstić information content (AvgIpc) is 2.92. The predicted molar refractivity (Wildman–Crippen MR) is 86.8 cm³/mol. The SMILES string of the molecule is CCN(Cc1nc(-c2ccc(C)cc2)no1)C(=O)OC(C)(C)C. The van der Waals surface area contributed by atoms with Gasteiger partial charge in [0.1, 0.15) is 12.1 Å². The molecule has 0 aliphatic carbocycles. The zero-order valence-corrected chi connectivity index (χ0v) is 14.3. The van der Waals surface area contributed by atoms with Gasteiger partial charge in [-0.15, -0.1) is 0 Å². The average molecular weight is 317 g/mol. The number of rotatable bonds is 4. The molecule has 0 saturated carbocycles. The Labute approximate surface area is 136 Å². The van der Waals surface area contributed by atoms with Crippen molar-refractivity contribution in [2.24, 2.45) is 0 Å². The third-order valence-electron chi connectivity index (χ3n) is 3.14. The third kappa shape index (κ3) is 4.81. The molecule has 1 aromatic heterocycles. The summed E-state index contributed by atoms with van der Waals surface area (Å²) in [5.74, 6) is 0.897. The molecule has 0 spiro atoms. The lowest BCUT2D eigenvalue weighted by Crippen LogP contribution is -2.36. The van der Waals surface area contributed by atoms with Gasteiger partial charge < -0.3 is 9.26 Å². The topological polar surface area (TPSA) is 68.5 Å². The van der Waals surface area contributed by atoms with Crippen LogP contribution in [0.15, 0.2) is 28.8 Å². The van der Waals surface area contributed by atoms with Crippen molar-refractivity contribution in [3.05, 3.63) is 35.7 Å². The van der Waals surface area contributed by atoms with Gasteiger partial charge in [0.05, 0.1) is 0 Å². The Morgan fingerprint density at radius 3 is 2.48 bits per heavy atom. The van der Waals surface area contributed by atoms with Crippen LogP contribution in [0.25, 0.3) is 11.4 Å². The van der Waals surface area contributed by atoms with E-state index in [2.05, 4.69) is 10.1 Å². The number of nitrogens with zero attached hydrogens (tertiary/aromatic N) is 3. The Kier molecular flexibility index (Phi) is 5.03. The predicted octanol–water partition coefficient (Wildman–Crippen LogP) is 3.80. The molecule has 1 heterocycles. The Balaban J connectivity index is 2.07. The molecule has 6 heteroatoms. The van der Waals surface area contributed by atoms with Crippen LogP contribution >= 0.6 is 0 Å². The molecule has 0 atom stereocenters. The van der Waals surface area contributed by atoms with Crippen molar-refractivity contribution in [1.82, 2.24) is 15.0 Å². The second-order valence-corrected chi connectivity index (χ2v) is 6.37. The van der Waals surface area contributed by atoms with Gasteiger partial charge >= 0.3 is 6.09 Å². The molecule has 124 valence electrons. The summed E-state index contributed by atoms with van der Waals surface area (Å²) in [5, 5.41) is 3.97. The fourth-order valence-corrected chi connectivity index (χ4v) is 1.93. The largest absolute Gasteiger partial charge is 0.444 e. The maximum atomic E-state index is 12.1. The summed E-state index contributed by atoms with van der Waals surface area (Å²) < 4.78 is 10.6. The first-order valence-electron chi connectivity index (χ1n) is 7.66. The molecule has 1 aromatic carbocycles. The lowest BCUT2D eigenvalue weighted by atomic mass is 10.1. The van der Waals surface area contributed by atoms with Crippen LogP contribution < -0.4 is 0 Å². The monoisotopic (exact) mass is 317 g/mol. The van der Waals surface area contributed by atoms with Crippen molar-refractivity contribution >= 4 is 6.09 Å². The van der Waals surface area contributed by atoms with E-state index in [1.807, 2.05) is 58.9 Å². The van der Waals surface area contributed by atoms with E-state index in [0.717, 1.165) is 5.56 Å². The number of ether oxygens (including phenoxy) is 1. The van der Waals surface area contributed by atoms with Crippen molar-refractivity contribution in [3.63, 3.8) is 0 Å².